The van der Waals surface area contributed by atoms with Gasteiger partial charge in [0.15, 0.2) is 5.69 Å². The molecular formula is C19H22N4O5. The van der Waals surface area contributed by atoms with Crippen molar-refractivity contribution in [1.82, 2.24) is 19.9 Å². The number of carbonyl (C=O) groups excluding carboxylic acids is 1. The van der Waals surface area contributed by atoms with Gasteiger partial charge in [-0.3, -0.25) is 9.59 Å². The molecule has 1 aromatic carbocycles. The molecule has 1 fully saturated rings. The lowest BCUT2D eigenvalue weighted by molar-refractivity contribution is -0.143. The summed E-state index contributed by atoms with van der Waals surface area (Å²) in [5, 5.41) is 17.3. The van der Waals surface area contributed by atoms with Crippen LogP contribution in [0.2, 0.25) is 0 Å². The van der Waals surface area contributed by atoms with Crippen LogP contribution in [0.5, 0.6) is 5.75 Å². The van der Waals surface area contributed by atoms with Crippen molar-refractivity contribution in [1.29, 1.82) is 0 Å². The molecule has 0 saturated carbocycles. The SMILES string of the molecule is COc1ccc(C2Cn3nnc(C(=O)N4CCC(C(=O)O)CC4)c3CO2)cc1. The number of nitrogens with zero attached hydrogens (tertiary/aromatic N) is 4. The van der Waals surface area contributed by atoms with E-state index in [-0.39, 0.29) is 24.5 Å². The lowest BCUT2D eigenvalue weighted by atomic mass is 9.97. The third-order valence-corrected chi connectivity index (χ3v) is 5.42. The normalized spacial score (nSPS) is 19.9. The Bertz CT molecular complexity index is 871. The van der Waals surface area contributed by atoms with Crippen molar-refractivity contribution in [2.75, 3.05) is 20.2 Å². The quantitative estimate of drug-likeness (QED) is 0.848. The van der Waals surface area contributed by atoms with Gasteiger partial charge >= 0.3 is 5.97 Å². The van der Waals surface area contributed by atoms with Gasteiger partial charge in [-0.05, 0) is 30.5 Å². The molecule has 3 heterocycles. The molecule has 2 aromatic rings. The van der Waals surface area contributed by atoms with Gasteiger partial charge in [0, 0.05) is 13.1 Å². The van der Waals surface area contributed by atoms with Crippen molar-refractivity contribution >= 4 is 11.9 Å². The number of piperidine rings is 1. The maximum atomic E-state index is 12.8. The van der Waals surface area contributed by atoms with Crippen LogP contribution in [0.1, 0.15) is 40.7 Å². The Morgan fingerprint density at radius 2 is 1.93 bits per heavy atom. The molecule has 28 heavy (non-hydrogen) atoms. The number of amides is 1. The summed E-state index contributed by atoms with van der Waals surface area (Å²) >= 11 is 0. The molecular weight excluding hydrogens is 364 g/mol. The van der Waals surface area contributed by atoms with E-state index in [9.17, 15) is 9.59 Å². The number of aliphatic carboxylic acids is 1. The van der Waals surface area contributed by atoms with Crippen LogP contribution in [0.15, 0.2) is 24.3 Å². The highest BCUT2D eigenvalue weighted by molar-refractivity contribution is 5.93. The van der Waals surface area contributed by atoms with Gasteiger partial charge < -0.3 is 19.5 Å². The number of ether oxygens (including phenoxy) is 2. The molecule has 9 heteroatoms. The summed E-state index contributed by atoms with van der Waals surface area (Å²) in [7, 11) is 1.62. The van der Waals surface area contributed by atoms with E-state index in [1.54, 1.807) is 16.7 Å². The third kappa shape index (κ3) is 3.45. The standard InChI is InChI=1S/C19H22N4O5/c1-27-14-4-2-12(3-5-14)16-10-23-15(11-28-16)17(20-21-23)18(24)22-8-6-13(7-9-22)19(25)26/h2-5,13,16H,6-11H2,1H3,(H,25,26). The number of methoxy groups -OCH3 is 1. The van der Waals surface area contributed by atoms with Crippen molar-refractivity contribution < 1.29 is 24.2 Å². The van der Waals surface area contributed by atoms with Crippen LogP contribution >= 0.6 is 0 Å². The van der Waals surface area contributed by atoms with Crippen LogP contribution in [0, 0.1) is 5.92 Å². The number of carbonyl (C=O) groups is 2. The molecule has 1 N–H and O–H groups in total. The minimum Gasteiger partial charge on any atom is -0.497 e. The zero-order valence-electron chi connectivity index (χ0n) is 15.6. The number of hydrogen-bond acceptors (Lipinski definition) is 6. The Balaban J connectivity index is 1.45. The number of likely N-dealkylation sites (tertiary alicyclic amines) is 1. The highest BCUT2D eigenvalue weighted by Gasteiger charge is 2.32. The van der Waals surface area contributed by atoms with E-state index in [0.29, 0.717) is 43.9 Å². The summed E-state index contributed by atoms with van der Waals surface area (Å²) in [4.78, 5) is 25.6. The van der Waals surface area contributed by atoms with Crippen molar-refractivity contribution in [3.8, 4) is 5.75 Å². The average Bonchev–Trinajstić information content (AvgIpc) is 3.16. The fraction of sp³-hybridized carbons (Fsp3) is 0.474. The third-order valence-electron chi connectivity index (χ3n) is 5.42. The number of hydrogen-bond donors (Lipinski definition) is 1. The summed E-state index contributed by atoms with van der Waals surface area (Å²) in [5.74, 6) is -0.616. The minimum atomic E-state index is -0.800. The summed E-state index contributed by atoms with van der Waals surface area (Å²) < 4.78 is 12.9. The number of fused-ring (bicyclic) bond motifs is 1. The molecule has 9 nitrogen and oxygen atoms in total. The summed E-state index contributed by atoms with van der Waals surface area (Å²) in [6.07, 6.45) is 0.746. The second-order valence-electron chi connectivity index (χ2n) is 7.04. The molecule has 0 bridgehead atoms. The monoisotopic (exact) mass is 386 g/mol. The van der Waals surface area contributed by atoms with Gasteiger partial charge in [0.25, 0.3) is 5.91 Å². The number of carboxylic acid groups (broad SMARTS) is 1. The molecule has 0 spiro atoms. The van der Waals surface area contributed by atoms with Crippen molar-refractivity contribution in [3.05, 3.63) is 41.2 Å². The van der Waals surface area contributed by atoms with Crippen LogP contribution in [0.4, 0.5) is 0 Å². The van der Waals surface area contributed by atoms with E-state index in [0.717, 1.165) is 11.3 Å². The zero-order valence-corrected chi connectivity index (χ0v) is 15.6. The van der Waals surface area contributed by atoms with Gasteiger partial charge in [-0.25, -0.2) is 4.68 Å². The molecule has 0 radical (unpaired) electrons. The van der Waals surface area contributed by atoms with Crippen LogP contribution < -0.4 is 4.74 Å². The lowest BCUT2D eigenvalue weighted by Gasteiger charge is -2.30. The first kappa shape index (κ1) is 18.4. The number of rotatable bonds is 4. The molecule has 1 aromatic heterocycles. The second kappa shape index (κ2) is 7.59. The van der Waals surface area contributed by atoms with Gasteiger partial charge in [-0.1, -0.05) is 17.3 Å². The zero-order chi connectivity index (χ0) is 19.7. The molecule has 148 valence electrons. The predicted octanol–water partition coefficient (Wildman–Crippen LogP) is 1.49. The Morgan fingerprint density at radius 1 is 1.21 bits per heavy atom. The molecule has 0 aliphatic carbocycles. The van der Waals surface area contributed by atoms with Gasteiger partial charge in [0.2, 0.25) is 0 Å². The van der Waals surface area contributed by atoms with Crippen molar-refractivity contribution in [3.63, 3.8) is 0 Å². The Hall–Kier alpha value is -2.94. The highest BCUT2D eigenvalue weighted by atomic mass is 16.5. The molecule has 1 amide bonds. The first-order valence-corrected chi connectivity index (χ1v) is 9.27. The maximum absolute atomic E-state index is 12.8. The van der Waals surface area contributed by atoms with Crippen LogP contribution in [-0.2, 0) is 22.7 Å². The van der Waals surface area contributed by atoms with Gasteiger partial charge in [-0.2, -0.15) is 0 Å². The summed E-state index contributed by atoms with van der Waals surface area (Å²) in [6, 6.07) is 7.66. The molecule has 1 atom stereocenters. The van der Waals surface area contributed by atoms with E-state index >= 15 is 0 Å². The van der Waals surface area contributed by atoms with E-state index in [1.165, 1.54) is 0 Å². The number of benzene rings is 1. The van der Waals surface area contributed by atoms with E-state index in [4.69, 9.17) is 14.6 Å². The summed E-state index contributed by atoms with van der Waals surface area (Å²) in [6.45, 7) is 1.55. The fourth-order valence-electron chi connectivity index (χ4n) is 3.68. The lowest BCUT2D eigenvalue weighted by Crippen LogP contribution is -2.41. The second-order valence-corrected chi connectivity index (χ2v) is 7.04. The summed E-state index contributed by atoms with van der Waals surface area (Å²) in [5.41, 5.74) is 1.96. The molecule has 1 unspecified atom stereocenters. The molecule has 2 aliphatic rings. The Morgan fingerprint density at radius 3 is 2.57 bits per heavy atom. The van der Waals surface area contributed by atoms with Gasteiger partial charge in [0.05, 0.1) is 31.9 Å². The Labute approximate surface area is 161 Å². The van der Waals surface area contributed by atoms with Crippen LogP contribution in [-0.4, -0.2) is 57.1 Å². The topological polar surface area (TPSA) is 107 Å². The van der Waals surface area contributed by atoms with Crippen LogP contribution in [0.3, 0.4) is 0 Å². The first-order valence-electron chi connectivity index (χ1n) is 9.27. The molecule has 1 saturated heterocycles. The smallest absolute Gasteiger partial charge is 0.306 e. The molecule has 4 rings (SSSR count). The van der Waals surface area contributed by atoms with E-state index in [1.807, 2.05) is 24.3 Å². The minimum absolute atomic E-state index is 0.172. The maximum Gasteiger partial charge on any atom is 0.306 e. The van der Waals surface area contributed by atoms with Crippen LogP contribution in [0.25, 0.3) is 0 Å². The predicted molar refractivity (Wildman–Crippen MR) is 96.8 cm³/mol. The van der Waals surface area contributed by atoms with Crippen molar-refractivity contribution in [2.45, 2.75) is 32.1 Å². The average molecular weight is 386 g/mol. The molecule has 2 aliphatic heterocycles. The number of carboxylic acids is 1. The number of aromatic nitrogens is 3. The van der Waals surface area contributed by atoms with E-state index in [2.05, 4.69) is 10.3 Å². The van der Waals surface area contributed by atoms with Crippen molar-refractivity contribution in [2.24, 2.45) is 5.92 Å². The highest BCUT2D eigenvalue weighted by Crippen LogP contribution is 2.29. The van der Waals surface area contributed by atoms with E-state index < -0.39 is 5.97 Å². The van der Waals surface area contributed by atoms with Gasteiger partial charge in [-0.15, -0.1) is 5.10 Å². The largest absolute Gasteiger partial charge is 0.497 e. The fourth-order valence-corrected chi connectivity index (χ4v) is 3.68. The first-order chi connectivity index (χ1) is 13.6. The van der Waals surface area contributed by atoms with Gasteiger partial charge in [0.1, 0.15) is 11.9 Å². The Kier molecular flexibility index (Phi) is 4.99.